The fraction of sp³-hybridized carbons (Fsp3) is 0.615. The summed E-state index contributed by atoms with van der Waals surface area (Å²) in [4.78, 5) is 34.4. The lowest BCUT2D eigenvalue weighted by Crippen LogP contribution is -2.43. The average Bonchev–Trinajstić information content (AvgIpc) is 3.19. The molecule has 19 heavy (non-hydrogen) atoms. The molecule has 2 rings (SSSR count). The number of nitrogens with one attached hydrogen (secondary N) is 2. The molecule has 6 heteroatoms. The molecule has 6 nitrogen and oxygen atoms in total. The van der Waals surface area contributed by atoms with Crippen molar-refractivity contribution in [2.75, 3.05) is 6.54 Å². The molecule has 2 atom stereocenters. The Bertz CT molecular complexity index is 415. The van der Waals surface area contributed by atoms with Gasteiger partial charge in [0, 0.05) is 6.04 Å². The summed E-state index contributed by atoms with van der Waals surface area (Å²) in [6, 6.07) is 0.258. The van der Waals surface area contributed by atoms with E-state index >= 15 is 0 Å². The van der Waals surface area contributed by atoms with Gasteiger partial charge in [0.05, 0.1) is 18.4 Å². The predicted molar refractivity (Wildman–Crippen MR) is 67.2 cm³/mol. The minimum absolute atomic E-state index is 0.0815. The standard InChI is InChI=1S/C13H18N2O4/c16-11(15-8-5-6-8)7-14-12(17)9-3-1-2-4-10(9)13(18)19/h1-2,8-10H,3-7H2,(H,14,17)(H,15,16)(H,18,19). The lowest BCUT2D eigenvalue weighted by Gasteiger charge is -2.24. The van der Waals surface area contributed by atoms with Crippen molar-refractivity contribution >= 4 is 17.8 Å². The van der Waals surface area contributed by atoms with Gasteiger partial charge >= 0.3 is 5.97 Å². The first kappa shape index (κ1) is 13.6. The summed E-state index contributed by atoms with van der Waals surface area (Å²) < 4.78 is 0. The fourth-order valence-electron chi connectivity index (χ4n) is 2.18. The Morgan fingerprint density at radius 2 is 1.74 bits per heavy atom. The average molecular weight is 266 g/mol. The lowest BCUT2D eigenvalue weighted by molar-refractivity contribution is -0.147. The number of amides is 2. The van der Waals surface area contributed by atoms with Crippen molar-refractivity contribution in [1.29, 1.82) is 0 Å². The largest absolute Gasteiger partial charge is 0.481 e. The molecule has 0 bridgehead atoms. The molecular formula is C13H18N2O4. The maximum absolute atomic E-state index is 11.9. The number of carboxylic acid groups (broad SMARTS) is 1. The van der Waals surface area contributed by atoms with Crippen molar-refractivity contribution in [2.45, 2.75) is 31.7 Å². The van der Waals surface area contributed by atoms with E-state index in [1.165, 1.54) is 0 Å². The summed E-state index contributed by atoms with van der Waals surface area (Å²) in [7, 11) is 0. The molecule has 104 valence electrons. The highest BCUT2D eigenvalue weighted by molar-refractivity contribution is 5.89. The van der Waals surface area contributed by atoms with Crippen LogP contribution >= 0.6 is 0 Å². The van der Waals surface area contributed by atoms with Crippen molar-refractivity contribution < 1.29 is 19.5 Å². The first-order valence-corrected chi connectivity index (χ1v) is 6.53. The first-order chi connectivity index (χ1) is 9.08. The lowest BCUT2D eigenvalue weighted by atomic mass is 9.82. The molecule has 2 amide bonds. The van der Waals surface area contributed by atoms with Crippen LogP contribution in [0.1, 0.15) is 25.7 Å². The fourth-order valence-corrected chi connectivity index (χ4v) is 2.18. The summed E-state index contributed by atoms with van der Waals surface area (Å²) >= 11 is 0. The van der Waals surface area contributed by atoms with E-state index in [0.717, 1.165) is 12.8 Å². The quantitative estimate of drug-likeness (QED) is 0.613. The van der Waals surface area contributed by atoms with Crippen molar-refractivity contribution in [3.05, 3.63) is 12.2 Å². The molecule has 0 spiro atoms. The molecule has 0 aromatic rings. The molecule has 1 fully saturated rings. The van der Waals surface area contributed by atoms with Gasteiger partial charge in [-0.1, -0.05) is 12.2 Å². The van der Waals surface area contributed by atoms with E-state index in [1.54, 1.807) is 6.08 Å². The number of rotatable bonds is 5. The zero-order chi connectivity index (χ0) is 13.8. The monoisotopic (exact) mass is 266 g/mol. The van der Waals surface area contributed by atoms with Crippen LogP contribution in [-0.4, -0.2) is 35.5 Å². The minimum atomic E-state index is -0.966. The second-order valence-corrected chi connectivity index (χ2v) is 5.05. The smallest absolute Gasteiger partial charge is 0.307 e. The Morgan fingerprint density at radius 1 is 1.11 bits per heavy atom. The van der Waals surface area contributed by atoms with Gasteiger partial charge in [-0.2, -0.15) is 0 Å². The van der Waals surface area contributed by atoms with Crippen LogP contribution in [0.3, 0.4) is 0 Å². The van der Waals surface area contributed by atoms with E-state index < -0.39 is 17.8 Å². The van der Waals surface area contributed by atoms with Gasteiger partial charge in [-0.15, -0.1) is 0 Å². The van der Waals surface area contributed by atoms with Crippen molar-refractivity contribution in [3.63, 3.8) is 0 Å². The van der Waals surface area contributed by atoms with Gasteiger partial charge < -0.3 is 15.7 Å². The van der Waals surface area contributed by atoms with Crippen LogP contribution in [0.2, 0.25) is 0 Å². The van der Waals surface area contributed by atoms with Crippen molar-refractivity contribution in [3.8, 4) is 0 Å². The summed E-state index contributed by atoms with van der Waals surface area (Å²) in [5.74, 6) is -2.82. The summed E-state index contributed by atoms with van der Waals surface area (Å²) in [6.07, 6.45) is 6.35. The van der Waals surface area contributed by atoms with Crippen LogP contribution in [0.25, 0.3) is 0 Å². The number of carbonyl (C=O) groups is 3. The Labute approximate surface area is 111 Å². The summed E-state index contributed by atoms with van der Waals surface area (Å²) in [5, 5.41) is 14.4. The van der Waals surface area contributed by atoms with Crippen LogP contribution in [0.5, 0.6) is 0 Å². The second kappa shape index (κ2) is 5.86. The zero-order valence-corrected chi connectivity index (χ0v) is 10.6. The van der Waals surface area contributed by atoms with Crippen molar-refractivity contribution in [2.24, 2.45) is 11.8 Å². The molecule has 0 radical (unpaired) electrons. The normalized spacial score (nSPS) is 25.7. The molecule has 0 saturated heterocycles. The molecule has 0 aliphatic heterocycles. The van der Waals surface area contributed by atoms with Crippen LogP contribution in [0.4, 0.5) is 0 Å². The molecule has 3 N–H and O–H groups in total. The Kier molecular flexibility index (Phi) is 4.19. The summed E-state index contributed by atoms with van der Waals surface area (Å²) in [6.45, 7) is -0.0815. The molecule has 0 aromatic heterocycles. The number of carboxylic acids is 1. The molecule has 2 aliphatic rings. The second-order valence-electron chi connectivity index (χ2n) is 5.05. The zero-order valence-electron chi connectivity index (χ0n) is 10.6. The van der Waals surface area contributed by atoms with Crippen molar-refractivity contribution in [1.82, 2.24) is 10.6 Å². The number of hydrogen-bond donors (Lipinski definition) is 3. The third kappa shape index (κ3) is 3.81. The number of carbonyl (C=O) groups excluding carboxylic acids is 2. The highest BCUT2D eigenvalue weighted by Gasteiger charge is 2.34. The van der Waals surface area contributed by atoms with Gasteiger partial charge in [-0.25, -0.2) is 0 Å². The van der Waals surface area contributed by atoms with Gasteiger partial charge in [-0.3, -0.25) is 14.4 Å². The SMILES string of the molecule is O=C(CNC(=O)C1CC=CCC1C(=O)O)NC1CC1. The number of allylic oxidation sites excluding steroid dienone is 2. The van der Waals surface area contributed by atoms with E-state index in [2.05, 4.69) is 10.6 Å². The third-order valence-electron chi connectivity index (χ3n) is 3.45. The topological polar surface area (TPSA) is 95.5 Å². The maximum Gasteiger partial charge on any atom is 0.307 e. The summed E-state index contributed by atoms with van der Waals surface area (Å²) in [5.41, 5.74) is 0. The third-order valence-corrected chi connectivity index (χ3v) is 3.45. The highest BCUT2D eigenvalue weighted by Crippen LogP contribution is 2.25. The van der Waals surface area contributed by atoms with Crippen LogP contribution < -0.4 is 10.6 Å². The molecule has 2 aliphatic carbocycles. The molecular weight excluding hydrogens is 248 g/mol. The van der Waals surface area contributed by atoms with Gasteiger partial charge in [0.2, 0.25) is 11.8 Å². The van der Waals surface area contributed by atoms with Crippen LogP contribution in [-0.2, 0) is 14.4 Å². The molecule has 0 heterocycles. The van der Waals surface area contributed by atoms with Crippen LogP contribution in [0.15, 0.2) is 12.2 Å². The number of aliphatic carboxylic acids is 1. The van der Waals surface area contributed by atoms with Gasteiger partial charge in [-0.05, 0) is 25.7 Å². The Balaban J connectivity index is 1.81. The molecule has 0 aromatic carbocycles. The van der Waals surface area contributed by atoms with E-state index in [1.807, 2.05) is 6.08 Å². The van der Waals surface area contributed by atoms with Gasteiger partial charge in [0.15, 0.2) is 0 Å². The predicted octanol–water partition coefficient (Wildman–Crippen LogP) is 0.0482. The van der Waals surface area contributed by atoms with Gasteiger partial charge in [0.25, 0.3) is 0 Å². The van der Waals surface area contributed by atoms with E-state index in [0.29, 0.717) is 12.8 Å². The highest BCUT2D eigenvalue weighted by atomic mass is 16.4. The molecule has 1 saturated carbocycles. The van der Waals surface area contributed by atoms with Gasteiger partial charge in [0.1, 0.15) is 0 Å². The van der Waals surface area contributed by atoms with Crippen LogP contribution in [0, 0.1) is 11.8 Å². The first-order valence-electron chi connectivity index (χ1n) is 6.53. The minimum Gasteiger partial charge on any atom is -0.481 e. The Hall–Kier alpha value is -1.85. The van der Waals surface area contributed by atoms with E-state index in [9.17, 15) is 14.4 Å². The molecule has 2 unspecified atom stereocenters. The number of hydrogen-bond acceptors (Lipinski definition) is 3. The van der Waals surface area contributed by atoms with E-state index in [-0.39, 0.29) is 24.4 Å². The Morgan fingerprint density at radius 3 is 2.32 bits per heavy atom. The van der Waals surface area contributed by atoms with E-state index in [4.69, 9.17) is 5.11 Å². The maximum atomic E-state index is 11.9.